The largest absolute Gasteiger partial charge is 0.458 e. The Bertz CT molecular complexity index is 284. The Balaban J connectivity index is 4.32. The molecular formula is C12H19NO2. The van der Waals surface area contributed by atoms with Gasteiger partial charge in [-0.25, -0.2) is 0 Å². The molecule has 84 valence electrons. The molecule has 0 N–H and O–H groups in total. The van der Waals surface area contributed by atoms with Crippen molar-refractivity contribution in [2.75, 3.05) is 0 Å². The van der Waals surface area contributed by atoms with Crippen LogP contribution in [-0.4, -0.2) is 11.6 Å². The van der Waals surface area contributed by atoms with Crippen molar-refractivity contribution in [1.82, 2.24) is 0 Å². The molecule has 0 saturated carbocycles. The van der Waals surface area contributed by atoms with Crippen molar-refractivity contribution in [2.24, 2.45) is 0 Å². The molecule has 0 aliphatic heterocycles. The van der Waals surface area contributed by atoms with E-state index in [1.54, 1.807) is 6.92 Å². The fraction of sp³-hybridized carbons (Fsp3) is 0.667. The fourth-order valence-electron chi connectivity index (χ4n) is 1.36. The van der Waals surface area contributed by atoms with Gasteiger partial charge in [-0.3, -0.25) is 4.79 Å². The lowest BCUT2D eigenvalue weighted by Crippen LogP contribution is -2.30. The van der Waals surface area contributed by atoms with Crippen molar-refractivity contribution in [3.8, 4) is 6.07 Å². The molecule has 15 heavy (non-hydrogen) atoms. The van der Waals surface area contributed by atoms with Crippen molar-refractivity contribution < 1.29 is 9.53 Å². The van der Waals surface area contributed by atoms with E-state index in [9.17, 15) is 4.79 Å². The first-order chi connectivity index (χ1) is 6.89. The number of rotatable bonds is 5. The number of hydrogen-bond donors (Lipinski definition) is 0. The van der Waals surface area contributed by atoms with E-state index >= 15 is 0 Å². The molecule has 0 radical (unpaired) electrons. The second-order valence-electron chi connectivity index (χ2n) is 4.20. The van der Waals surface area contributed by atoms with Crippen LogP contribution in [0.25, 0.3) is 0 Å². The molecule has 0 aromatic heterocycles. The summed E-state index contributed by atoms with van der Waals surface area (Å²) in [5.74, 6) is -0.329. The number of hydrogen-bond acceptors (Lipinski definition) is 3. The Morgan fingerprint density at radius 1 is 1.47 bits per heavy atom. The number of ether oxygens (including phenoxy) is 1. The Labute approximate surface area is 91.7 Å². The zero-order valence-electron chi connectivity index (χ0n) is 9.96. The van der Waals surface area contributed by atoms with Gasteiger partial charge in [-0.15, -0.1) is 0 Å². The number of carbonyl (C=O) groups excluding carboxylic acids is 1. The molecule has 1 atom stereocenters. The second kappa shape index (κ2) is 6.23. The van der Waals surface area contributed by atoms with Gasteiger partial charge in [-0.1, -0.05) is 11.6 Å². The summed E-state index contributed by atoms with van der Waals surface area (Å²) >= 11 is 0. The van der Waals surface area contributed by atoms with Crippen molar-refractivity contribution in [3.05, 3.63) is 11.6 Å². The van der Waals surface area contributed by atoms with Crippen LogP contribution in [0.1, 0.15) is 47.0 Å². The zero-order valence-corrected chi connectivity index (χ0v) is 9.96. The van der Waals surface area contributed by atoms with E-state index in [0.29, 0.717) is 6.42 Å². The lowest BCUT2D eigenvalue weighted by atomic mass is 9.96. The first-order valence-electron chi connectivity index (χ1n) is 5.09. The van der Waals surface area contributed by atoms with E-state index in [0.717, 1.165) is 6.42 Å². The highest BCUT2D eigenvalue weighted by Crippen LogP contribution is 2.22. The van der Waals surface area contributed by atoms with Crippen molar-refractivity contribution in [3.63, 3.8) is 0 Å². The third-order valence-corrected chi connectivity index (χ3v) is 2.07. The number of nitrogens with zero attached hydrogens (tertiary/aromatic N) is 1. The average Bonchev–Trinajstić information content (AvgIpc) is 2.01. The summed E-state index contributed by atoms with van der Waals surface area (Å²) in [5.41, 5.74) is 0.587. The summed E-state index contributed by atoms with van der Waals surface area (Å²) in [6.45, 7) is 7.22. The van der Waals surface area contributed by atoms with Gasteiger partial charge in [0.25, 0.3) is 0 Å². The molecule has 0 amide bonds. The van der Waals surface area contributed by atoms with Gasteiger partial charge < -0.3 is 4.74 Å². The maximum absolute atomic E-state index is 10.9. The highest BCUT2D eigenvalue weighted by atomic mass is 16.6. The van der Waals surface area contributed by atoms with Crippen LogP contribution in [0, 0.1) is 11.3 Å². The summed E-state index contributed by atoms with van der Waals surface area (Å²) in [6, 6.07) is 2.05. The summed E-state index contributed by atoms with van der Waals surface area (Å²) < 4.78 is 5.17. The molecule has 0 fully saturated rings. The predicted octanol–water partition coefficient (Wildman–Crippen LogP) is 2.97. The second-order valence-corrected chi connectivity index (χ2v) is 4.20. The number of esters is 1. The van der Waals surface area contributed by atoms with Crippen LogP contribution in [0.3, 0.4) is 0 Å². The van der Waals surface area contributed by atoms with Crippen LogP contribution < -0.4 is 0 Å². The topological polar surface area (TPSA) is 50.1 Å². The molecule has 0 aliphatic carbocycles. The van der Waals surface area contributed by atoms with Gasteiger partial charge >= 0.3 is 5.97 Å². The van der Waals surface area contributed by atoms with E-state index in [4.69, 9.17) is 10.00 Å². The minimum atomic E-state index is -0.646. The summed E-state index contributed by atoms with van der Waals surface area (Å²) in [5, 5.41) is 8.67. The van der Waals surface area contributed by atoms with Gasteiger partial charge in [0.2, 0.25) is 0 Å². The highest BCUT2D eigenvalue weighted by Gasteiger charge is 2.26. The zero-order chi connectivity index (χ0) is 11.9. The van der Waals surface area contributed by atoms with Crippen molar-refractivity contribution in [2.45, 2.75) is 52.6 Å². The summed E-state index contributed by atoms with van der Waals surface area (Å²) in [6.07, 6.45) is 3.83. The molecule has 0 aromatic carbocycles. The van der Waals surface area contributed by atoms with Crippen molar-refractivity contribution >= 4 is 5.97 Å². The smallest absolute Gasteiger partial charge is 0.303 e. The van der Waals surface area contributed by atoms with Crippen LogP contribution in [0.15, 0.2) is 11.6 Å². The molecular weight excluding hydrogens is 190 g/mol. The van der Waals surface area contributed by atoms with Crippen LogP contribution in [-0.2, 0) is 9.53 Å². The van der Waals surface area contributed by atoms with Crippen LogP contribution >= 0.6 is 0 Å². The van der Waals surface area contributed by atoms with Crippen LogP contribution in [0.5, 0.6) is 0 Å². The van der Waals surface area contributed by atoms with E-state index in [-0.39, 0.29) is 12.4 Å². The molecule has 3 heteroatoms. The normalized spacial score (nSPS) is 13.5. The molecule has 1 unspecified atom stereocenters. The van der Waals surface area contributed by atoms with Gasteiger partial charge in [0, 0.05) is 6.92 Å². The predicted molar refractivity (Wildman–Crippen MR) is 59.1 cm³/mol. The maximum Gasteiger partial charge on any atom is 0.303 e. The molecule has 0 spiro atoms. The molecule has 0 bridgehead atoms. The summed E-state index contributed by atoms with van der Waals surface area (Å²) in [4.78, 5) is 10.9. The van der Waals surface area contributed by atoms with Gasteiger partial charge in [0.05, 0.1) is 12.5 Å². The monoisotopic (exact) mass is 209 g/mol. The average molecular weight is 209 g/mol. The molecule has 0 rings (SSSR count). The lowest BCUT2D eigenvalue weighted by molar-refractivity contribution is -0.155. The quantitative estimate of drug-likeness (QED) is 0.516. The molecule has 3 nitrogen and oxygen atoms in total. The van der Waals surface area contributed by atoms with Crippen LogP contribution in [0.2, 0.25) is 0 Å². The number of allylic oxidation sites excluding steroid dienone is 2. The number of nitriles is 1. The third-order valence-electron chi connectivity index (χ3n) is 2.07. The van der Waals surface area contributed by atoms with E-state index in [1.807, 2.05) is 13.8 Å². The maximum atomic E-state index is 10.9. The first-order valence-corrected chi connectivity index (χ1v) is 5.09. The van der Waals surface area contributed by atoms with Crippen molar-refractivity contribution in [1.29, 1.82) is 5.26 Å². The molecule has 0 heterocycles. The Hall–Kier alpha value is -1.30. The van der Waals surface area contributed by atoms with Gasteiger partial charge in [-0.05, 0) is 33.6 Å². The van der Waals surface area contributed by atoms with Crippen LogP contribution in [0.4, 0.5) is 0 Å². The molecule has 0 saturated heterocycles. The fourth-order valence-corrected chi connectivity index (χ4v) is 1.36. The Morgan fingerprint density at radius 2 is 2.07 bits per heavy atom. The van der Waals surface area contributed by atoms with Gasteiger partial charge in [0.15, 0.2) is 0 Å². The molecule has 0 aromatic rings. The number of carbonyl (C=O) groups is 1. The van der Waals surface area contributed by atoms with E-state index in [1.165, 1.54) is 12.5 Å². The first kappa shape index (κ1) is 13.7. The Kier molecular flexibility index (Phi) is 5.69. The van der Waals surface area contributed by atoms with Gasteiger partial charge in [0.1, 0.15) is 5.60 Å². The lowest BCUT2D eigenvalue weighted by Gasteiger charge is -2.26. The third kappa shape index (κ3) is 6.73. The van der Waals surface area contributed by atoms with E-state index < -0.39 is 5.60 Å². The van der Waals surface area contributed by atoms with E-state index in [2.05, 4.69) is 12.1 Å². The molecule has 0 aliphatic rings. The SMILES string of the molecule is CC(=O)OC(C)(CC#N)CCC=C(C)C. The standard InChI is InChI=1S/C12H19NO2/c1-10(2)6-5-7-12(4,8-9-13)15-11(3)14/h6H,5,7-8H2,1-4H3. The van der Waals surface area contributed by atoms with Gasteiger partial charge in [-0.2, -0.15) is 5.26 Å². The minimum absolute atomic E-state index is 0.239. The highest BCUT2D eigenvalue weighted by molar-refractivity contribution is 5.66. The Morgan fingerprint density at radius 3 is 2.47 bits per heavy atom. The minimum Gasteiger partial charge on any atom is -0.458 e. The summed E-state index contributed by atoms with van der Waals surface area (Å²) in [7, 11) is 0.